The molecule has 0 unspecified atom stereocenters. The Kier molecular flexibility index (Phi) is 3.84. The molecular formula is C20H19N3O2. The number of aryl methyl sites for hydroxylation is 3. The fourth-order valence-corrected chi connectivity index (χ4v) is 3.41. The first-order valence-corrected chi connectivity index (χ1v) is 8.44. The van der Waals surface area contributed by atoms with Gasteiger partial charge in [-0.2, -0.15) is 0 Å². The monoisotopic (exact) mass is 333 g/mol. The predicted octanol–water partition coefficient (Wildman–Crippen LogP) is 4.09. The lowest BCUT2D eigenvalue weighted by molar-refractivity contribution is 0.102. The van der Waals surface area contributed by atoms with Gasteiger partial charge in [0.05, 0.1) is 18.1 Å². The topological polar surface area (TPSA) is 68.0 Å². The van der Waals surface area contributed by atoms with Crippen molar-refractivity contribution in [3.8, 4) is 11.3 Å². The Bertz CT molecular complexity index is 942. The summed E-state index contributed by atoms with van der Waals surface area (Å²) in [5.74, 6) is 2.22. The summed E-state index contributed by atoms with van der Waals surface area (Å²) < 4.78 is 5.84. The van der Waals surface area contributed by atoms with E-state index >= 15 is 0 Å². The van der Waals surface area contributed by atoms with E-state index in [1.54, 1.807) is 18.5 Å². The van der Waals surface area contributed by atoms with Crippen LogP contribution in [0.1, 0.15) is 39.4 Å². The Hall–Kier alpha value is -2.95. The van der Waals surface area contributed by atoms with E-state index in [0.29, 0.717) is 11.4 Å². The zero-order valence-electron chi connectivity index (χ0n) is 14.3. The number of carbonyl (C=O) groups excluding carboxylic acids is 1. The number of anilines is 1. The van der Waals surface area contributed by atoms with E-state index in [2.05, 4.69) is 15.3 Å². The van der Waals surface area contributed by atoms with Crippen LogP contribution in [0.15, 0.2) is 41.1 Å². The summed E-state index contributed by atoms with van der Waals surface area (Å²) >= 11 is 0. The zero-order chi connectivity index (χ0) is 17.4. The molecule has 0 radical (unpaired) electrons. The molecule has 1 aromatic carbocycles. The largest absolute Gasteiger partial charge is 0.465 e. The average Bonchev–Trinajstić information content (AvgIpc) is 3.16. The third-order valence-corrected chi connectivity index (χ3v) is 4.64. The number of aromatic nitrogens is 2. The molecule has 0 atom stereocenters. The van der Waals surface area contributed by atoms with Gasteiger partial charge in [-0.25, -0.2) is 4.98 Å². The zero-order valence-corrected chi connectivity index (χ0v) is 14.3. The summed E-state index contributed by atoms with van der Waals surface area (Å²) in [4.78, 5) is 21.2. The van der Waals surface area contributed by atoms with Gasteiger partial charge in [0.25, 0.3) is 5.91 Å². The number of nitrogens with zero attached hydrogens (tertiary/aromatic N) is 2. The number of benzene rings is 1. The maximum atomic E-state index is 12.4. The molecule has 1 aliphatic carbocycles. The van der Waals surface area contributed by atoms with Crippen molar-refractivity contribution in [2.45, 2.75) is 33.1 Å². The minimum atomic E-state index is -0.180. The molecule has 0 bridgehead atoms. The van der Waals surface area contributed by atoms with Gasteiger partial charge in [-0.05, 0) is 38.3 Å². The Labute approximate surface area is 146 Å². The second-order valence-electron chi connectivity index (χ2n) is 6.34. The summed E-state index contributed by atoms with van der Waals surface area (Å²) in [6, 6.07) is 7.46. The standard InChI is InChI=1S/C20H19N3O2/c1-12-6-3-4-7-14(12)20(24)23-18-11-21-16(10-22-18)19-13(2)25-17-9-5-8-15(17)19/h3-4,6-7,10-11H,5,8-9H2,1-2H3,(H,22,23,24). The molecule has 3 aromatic rings. The molecule has 0 spiro atoms. The molecule has 0 saturated carbocycles. The molecule has 25 heavy (non-hydrogen) atoms. The molecular weight excluding hydrogens is 314 g/mol. The first-order chi connectivity index (χ1) is 12.1. The van der Waals surface area contributed by atoms with Gasteiger partial charge < -0.3 is 9.73 Å². The summed E-state index contributed by atoms with van der Waals surface area (Å²) in [6.45, 7) is 3.87. The van der Waals surface area contributed by atoms with E-state index in [1.165, 1.54) is 5.56 Å². The minimum Gasteiger partial charge on any atom is -0.465 e. The van der Waals surface area contributed by atoms with Gasteiger partial charge in [-0.1, -0.05) is 18.2 Å². The van der Waals surface area contributed by atoms with Crippen LogP contribution in [0.2, 0.25) is 0 Å². The van der Waals surface area contributed by atoms with Crippen molar-refractivity contribution in [2.24, 2.45) is 0 Å². The van der Waals surface area contributed by atoms with E-state index in [4.69, 9.17) is 4.42 Å². The molecule has 0 fully saturated rings. The van der Waals surface area contributed by atoms with Gasteiger partial charge in [0.15, 0.2) is 5.82 Å². The van der Waals surface area contributed by atoms with Crippen molar-refractivity contribution >= 4 is 11.7 Å². The highest BCUT2D eigenvalue weighted by atomic mass is 16.3. The van der Waals surface area contributed by atoms with Gasteiger partial charge in [-0.3, -0.25) is 9.78 Å². The van der Waals surface area contributed by atoms with Gasteiger partial charge >= 0.3 is 0 Å². The molecule has 1 N–H and O–H groups in total. The van der Waals surface area contributed by atoms with Crippen molar-refractivity contribution < 1.29 is 9.21 Å². The Balaban J connectivity index is 1.57. The molecule has 0 aliphatic heterocycles. The van der Waals surface area contributed by atoms with E-state index < -0.39 is 0 Å². The first kappa shape index (κ1) is 15.6. The summed E-state index contributed by atoms with van der Waals surface area (Å²) in [5, 5.41) is 2.80. The van der Waals surface area contributed by atoms with Crippen molar-refractivity contribution in [3.05, 3.63) is 64.9 Å². The van der Waals surface area contributed by atoms with Crippen molar-refractivity contribution in [2.75, 3.05) is 5.32 Å². The van der Waals surface area contributed by atoms with Crippen molar-refractivity contribution in [1.29, 1.82) is 0 Å². The molecule has 1 aliphatic rings. The third-order valence-electron chi connectivity index (χ3n) is 4.64. The molecule has 1 amide bonds. The van der Waals surface area contributed by atoms with Crippen LogP contribution in [0.4, 0.5) is 5.82 Å². The summed E-state index contributed by atoms with van der Waals surface area (Å²) in [5.41, 5.74) is 4.66. The molecule has 2 heterocycles. The van der Waals surface area contributed by atoms with Crippen LogP contribution in [-0.2, 0) is 12.8 Å². The van der Waals surface area contributed by atoms with Gasteiger partial charge in [0.2, 0.25) is 0 Å². The molecule has 5 heteroatoms. The van der Waals surface area contributed by atoms with Crippen LogP contribution in [0.5, 0.6) is 0 Å². The highest BCUT2D eigenvalue weighted by Crippen LogP contribution is 2.36. The van der Waals surface area contributed by atoms with E-state index in [9.17, 15) is 4.79 Å². The first-order valence-electron chi connectivity index (χ1n) is 8.44. The van der Waals surface area contributed by atoms with Crippen molar-refractivity contribution in [3.63, 3.8) is 0 Å². The second-order valence-corrected chi connectivity index (χ2v) is 6.34. The average molecular weight is 333 g/mol. The van der Waals surface area contributed by atoms with Crippen LogP contribution in [0.3, 0.4) is 0 Å². The smallest absolute Gasteiger partial charge is 0.257 e. The Morgan fingerprint density at radius 2 is 1.96 bits per heavy atom. The van der Waals surface area contributed by atoms with Crippen molar-refractivity contribution in [1.82, 2.24) is 9.97 Å². The normalized spacial score (nSPS) is 12.9. The third kappa shape index (κ3) is 2.82. The number of furan rings is 1. The fourth-order valence-electron chi connectivity index (χ4n) is 3.41. The highest BCUT2D eigenvalue weighted by Gasteiger charge is 2.24. The number of nitrogens with one attached hydrogen (secondary N) is 1. The lowest BCUT2D eigenvalue weighted by atomic mass is 10.1. The number of hydrogen-bond donors (Lipinski definition) is 1. The SMILES string of the molecule is Cc1ccccc1C(=O)Nc1cnc(-c2c(C)oc3c2CCC3)cn1. The van der Waals surface area contributed by atoms with Gasteiger partial charge in [0.1, 0.15) is 11.5 Å². The number of amides is 1. The molecule has 4 rings (SSSR count). The predicted molar refractivity (Wildman–Crippen MR) is 95.6 cm³/mol. The highest BCUT2D eigenvalue weighted by molar-refractivity contribution is 6.04. The van der Waals surface area contributed by atoms with Gasteiger partial charge in [-0.15, -0.1) is 0 Å². The van der Waals surface area contributed by atoms with Crippen LogP contribution in [-0.4, -0.2) is 15.9 Å². The molecule has 5 nitrogen and oxygen atoms in total. The number of carbonyl (C=O) groups is 1. The van der Waals surface area contributed by atoms with E-state index in [-0.39, 0.29) is 5.91 Å². The quantitative estimate of drug-likeness (QED) is 0.784. The molecule has 0 saturated heterocycles. The number of fused-ring (bicyclic) bond motifs is 1. The lowest BCUT2D eigenvalue weighted by Crippen LogP contribution is -2.14. The maximum Gasteiger partial charge on any atom is 0.257 e. The van der Waals surface area contributed by atoms with Crippen LogP contribution < -0.4 is 5.32 Å². The number of rotatable bonds is 3. The molecule has 2 aromatic heterocycles. The summed E-state index contributed by atoms with van der Waals surface area (Å²) in [6.07, 6.45) is 6.44. The van der Waals surface area contributed by atoms with Crippen LogP contribution in [0.25, 0.3) is 11.3 Å². The van der Waals surface area contributed by atoms with E-state index in [0.717, 1.165) is 47.6 Å². The fraction of sp³-hybridized carbons (Fsp3) is 0.250. The lowest BCUT2D eigenvalue weighted by Gasteiger charge is -2.07. The summed E-state index contributed by atoms with van der Waals surface area (Å²) in [7, 11) is 0. The van der Waals surface area contributed by atoms with Crippen LogP contribution >= 0.6 is 0 Å². The Morgan fingerprint density at radius 1 is 1.12 bits per heavy atom. The minimum absolute atomic E-state index is 0.180. The number of hydrogen-bond acceptors (Lipinski definition) is 4. The van der Waals surface area contributed by atoms with Crippen LogP contribution in [0, 0.1) is 13.8 Å². The van der Waals surface area contributed by atoms with Gasteiger partial charge in [0, 0.05) is 23.1 Å². The Morgan fingerprint density at radius 3 is 2.72 bits per heavy atom. The van der Waals surface area contributed by atoms with E-state index in [1.807, 2.05) is 32.0 Å². The molecule has 126 valence electrons. The maximum absolute atomic E-state index is 12.4. The second kappa shape index (κ2) is 6.16.